The van der Waals surface area contributed by atoms with Gasteiger partial charge in [-0.05, 0) is 30.9 Å². The smallest absolute Gasteiger partial charge is 0.123 e. The molecule has 0 radical (unpaired) electrons. The molecule has 1 heterocycles. The van der Waals surface area contributed by atoms with Crippen molar-refractivity contribution in [3.8, 4) is 5.75 Å². The number of nitrogens with two attached hydrogens (primary N) is 1. The number of hydrogen-bond donors (Lipinski definition) is 1. The Morgan fingerprint density at radius 1 is 1.40 bits per heavy atom. The van der Waals surface area contributed by atoms with Crippen LogP contribution in [-0.2, 0) is 17.8 Å². The van der Waals surface area contributed by atoms with Crippen LogP contribution in [0.15, 0.2) is 18.2 Å². The number of benzene rings is 1. The number of rotatable bonds is 4. The van der Waals surface area contributed by atoms with Gasteiger partial charge in [0.2, 0.25) is 0 Å². The van der Waals surface area contributed by atoms with Crippen molar-refractivity contribution in [1.29, 1.82) is 0 Å². The number of methoxy groups -OCH3 is 1. The quantitative estimate of drug-likeness (QED) is 0.912. The van der Waals surface area contributed by atoms with Crippen molar-refractivity contribution < 1.29 is 9.47 Å². The second-order valence-electron chi connectivity index (χ2n) is 5.73. The van der Waals surface area contributed by atoms with E-state index < -0.39 is 0 Å². The van der Waals surface area contributed by atoms with Gasteiger partial charge in [-0.1, -0.05) is 12.1 Å². The molecule has 20 heavy (non-hydrogen) atoms. The normalized spacial score (nSPS) is 26.5. The topological polar surface area (TPSA) is 47.7 Å². The summed E-state index contributed by atoms with van der Waals surface area (Å²) >= 11 is 0. The maximum absolute atomic E-state index is 5.87. The molecule has 1 aliphatic heterocycles. The molecule has 1 aliphatic carbocycles. The third-order valence-corrected chi connectivity index (χ3v) is 4.55. The van der Waals surface area contributed by atoms with Gasteiger partial charge in [0, 0.05) is 31.2 Å². The van der Waals surface area contributed by atoms with Crippen molar-refractivity contribution >= 4 is 0 Å². The van der Waals surface area contributed by atoms with Crippen LogP contribution in [0.25, 0.3) is 0 Å². The van der Waals surface area contributed by atoms with E-state index in [4.69, 9.17) is 15.2 Å². The lowest BCUT2D eigenvalue weighted by Gasteiger charge is -2.37. The molecule has 0 aromatic heterocycles. The zero-order chi connectivity index (χ0) is 13.9. The van der Waals surface area contributed by atoms with E-state index in [1.807, 2.05) is 0 Å². The molecule has 0 spiro atoms. The van der Waals surface area contributed by atoms with Crippen molar-refractivity contribution in [2.75, 3.05) is 20.3 Å². The molecular formula is C16H24N2O2. The highest BCUT2D eigenvalue weighted by Gasteiger charge is 2.35. The van der Waals surface area contributed by atoms with Crippen LogP contribution in [0.4, 0.5) is 0 Å². The minimum Gasteiger partial charge on any atom is -0.496 e. The van der Waals surface area contributed by atoms with E-state index >= 15 is 0 Å². The summed E-state index contributed by atoms with van der Waals surface area (Å²) in [5.74, 6) is 0.904. The lowest BCUT2D eigenvalue weighted by Crippen LogP contribution is -2.47. The first kappa shape index (κ1) is 13.9. The minimum absolute atomic E-state index is 0.453. The van der Waals surface area contributed by atoms with E-state index in [1.165, 1.54) is 24.8 Å². The molecule has 1 saturated carbocycles. The molecule has 2 atom stereocenters. The molecule has 4 heteroatoms. The van der Waals surface area contributed by atoms with E-state index in [-0.39, 0.29) is 0 Å². The van der Waals surface area contributed by atoms with E-state index in [2.05, 4.69) is 23.1 Å². The number of fused-ring (bicyclic) bond motifs is 1. The summed E-state index contributed by atoms with van der Waals surface area (Å²) in [6.07, 6.45) is 4.23. The van der Waals surface area contributed by atoms with Gasteiger partial charge in [0.05, 0.1) is 19.8 Å². The van der Waals surface area contributed by atoms with Crippen molar-refractivity contribution in [1.82, 2.24) is 4.90 Å². The SMILES string of the molecule is COc1cc(CN2CCOC3CCCC32)ccc1CN. The Balaban J connectivity index is 1.73. The summed E-state index contributed by atoms with van der Waals surface area (Å²) in [5, 5.41) is 0. The lowest BCUT2D eigenvalue weighted by molar-refractivity contribution is -0.0588. The zero-order valence-corrected chi connectivity index (χ0v) is 12.2. The van der Waals surface area contributed by atoms with Gasteiger partial charge in [0.1, 0.15) is 5.75 Å². The molecule has 110 valence electrons. The number of ether oxygens (including phenoxy) is 2. The molecule has 2 unspecified atom stereocenters. The van der Waals surface area contributed by atoms with Crippen LogP contribution < -0.4 is 10.5 Å². The molecule has 4 nitrogen and oxygen atoms in total. The highest BCUT2D eigenvalue weighted by Crippen LogP contribution is 2.31. The highest BCUT2D eigenvalue weighted by molar-refractivity contribution is 5.37. The average molecular weight is 276 g/mol. The fourth-order valence-electron chi connectivity index (χ4n) is 3.49. The third kappa shape index (κ3) is 2.68. The maximum Gasteiger partial charge on any atom is 0.123 e. The highest BCUT2D eigenvalue weighted by atomic mass is 16.5. The van der Waals surface area contributed by atoms with Crippen LogP contribution in [-0.4, -0.2) is 37.3 Å². The maximum atomic E-state index is 5.87. The molecule has 1 aromatic rings. The first-order chi connectivity index (χ1) is 9.81. The van der Waals surface area contributed by atoms with E-state index in [1.54, 1.807) is 7.11 Å². The summed E-state index contributed by atoms with van der Waals surface area (Å²) in [7, 11) is 1.71. The first-order valence-corrected chi connectivity index (χ1v) is 7.53. The third-order valence-electron chi connectivity index (χ3n) is 4.55. The van der Waals surface area contributed by atoms with E-state index in [0.29, 0.717) is 18.7 Å². The van der Waals surface area contributed by atoms with Crippen molar-refractivity contribution in [3.63, 3.8) is 0 Å². The Hall–Kier alpha value is -1.10. The summed E-state index contributed by atoms with van der Waals surface area (Å²) in [6, 6.07) is 6.98. The van der Waals surface area contributed by atoms with Crippen LogP contribution >= 0.6 is 0 Å². The Morgan fingerprint density at radius 3 is 3.10 bits per heavy atom. The molecule has 2 aliphatic rings. The Labute approximate surface area is 120 Å². The monoisotopic (exact) mass is 276 g/mol. The molecule has 2 fully saturated rings. The van der Waals surface area contributed by atoms with Gasteiger partial charge >= 0.3 is 0 Å². The first-order valence-electron chi connectivity index (χ1n) is 7.53. The van der Waals surface area contributed by atoms with Crippen molar-refractivity contribution in [2.45, 2.75) is 44.5 Å². The van der Waals surface area contributed by atoms with Gasteiger partial charge in [-0.15, -0.1) is 0 Å². The second kappa shape index (κ2) is 6.12. The van der Waals surface area contributed by atoms with Crippen LogP contribution in [0.2, 0.25) is 0 Å². The van der Waals surface area contributed by atoms with Gasteiger partial charge < -0.3 is 15.2 Å². The predicted molar refractivity (Wildman–Crippen MR) is 78.7 cm³/mol. The van der Waals surface area contributed by atoms with Crippen LogP contribution in [0.1, 0.15) is 30.4 Å². The minimum atomic E-state index is 0.453. The van der Waals surface area contributed by atoms with Crippen LogP contribution in [0, 0.1) is 0 Å². The Morgan fingerprint density at radius 2 is 2.30 bits per heavy atom. The van der Waals surface area contributed by atoms with Gasteiger partial charge in [0.25, 0.3) is 0 Å². The van der Waals surface area contributed by atoms with Crippen LogP contribution in [0.3, 0.4) is 0 Å². The largest absolute Gasteiger partial charge is 0.496 e. The van der Waals surface area contributed by atoms with Crippen LogP contribution in [0.5, 0.6) is 5.75 Å². The van der Waals surface area contributed by atoms with Gasteiger partial charge in [-0.3, -0.25) is 4.90 Å². The molecule has 1 saturated heterocycles. The number of hydrogen-bond acceptors (Lipinski definition) is 4. The number of morpholine rings is 1. The van der Waals surface area contributed by atoms with Gasteiger partial charge in [0.15, 0.2) is 0 Å². The standard InChI is InChI=1S/C16H24N2O2/c1-19-16-9-12(5-6-13(16)10-17)11-18-7-8-20-15-4-2-3-14(15)18/h5-6,9,14-15H,2-4,7-8,10-11,17H2,1H3. The summed E-state index contributed by atoms with van der Waals surface area (Å²) in [6.45, 7) is 3.39. The van der Waals surface area contributed by atoms with E-state index in [9.17, 15) is 0 Å². The number of nitrogens with zero attached hydrogens (tertiary/aromatic N) is 1. The summed E-state index contributed by atoms with van der Waals surface area (Å²) in [5.41, 5.74) is 8.09. The molecule has 1 aromatic carbocycles. The van der Waals surface area contributed by atoms with Crippen molar-refractivity contribution in [3.05, 3.63) is 29.3 Å². The van der Waals surface area contributed by atoms with Gasteiger partial charge in [-0.2, -0.15) is 0 Å². The Kier molecular flexibility index (Phi) is 4.24. The molecule has 3 rings (SSSR count). The molecular weight excluding hydrogens is 252 g/mol. The van der Waals surface area contributed by atoms with E-state index in [0.717, 1.165) is 31.0 Å². The van der Waals surface area contributed by atoms with Gasteiger partial charge in [-0.25, -0.2) is 0 Å². The van der Waals surface area contributed by atoms with Crippen molar-refractivity contribution in [2.24, 2.45) is 5.73 Å². The second-order valence-corrected chi connectivity index (χ2v) is 5.73. The molecule has 0 bridgehead atoms. The zero-order valence-electron chi connectivity index (χ0n) is 12.2. The fourth-order valence-corrected chi connectivity index (χ4v) is 3.49. The predicted octanol–water partition coefficient (Wildman–Crippen LogP) is 1.91. The average Bonchev–Trinajstić information content (AvgIpc) is 2.96. The molecule has 2 N–H and O–H groups in total. The molecule has 0 amide bonds. The Bertz CT molecular complexity index is 464. The summed E-state index contributed by atoms with van der Waals surface area (Å²) in [4.78, 5) is 2.57. The summed E-state index contributed by atoms with van der Waals surface area (Å²) < 4.78 is 11.3. The lowest BCUT2D eigenvalue weighted by atomic mass is 10.1. The fraction of sp³-hybridized carbons (Fsp3) is 0.625.